The maximum absolute atomic E-state index is 12.0. The summed E-state index contributed by atoms with van der Waals surface area (Å²) >= 11 is 0. The van der Waals surface area contributed by atoms with Crippen molar-refractivity contribution in [2.24, 2.45) is 17.8 Å². The van der Waals surface area contributed by atoms with Crippen LogP contribution in [0.15, 0.2) is 0 Å². The highest BCUT2D eigenvalue weighted by Gasteiger charge is 2.34. The van der Waals surface area contributed by atoms with Crippen LogP contribution in [-0.2, 0) is 9.53 Å². The van der Waals surface area contributed by atoms with Gasteiger partial charge in [-0.25, -0.2) is 0 Å². The Morgan fingerprint density at radius 3 is 1.47 bits per heavy atom. The van der Waals surface area contributed by atoms with Crippen molar-refractivity contribution in [3.05, 3.63) is 0 Å². The Balaban J connectivity index is 2.01. The third-order valence-corrected chi connectivity index (χ3v) is 8.16. The van der Waals surface area contributed by atoms with Crippen LogP contribution in [0.4, 0.5) is 0 Å². The molecular formula is C32H62O2. The average molecular weight is 479 g/mol. The zero-order chi connectivity index (χ0) is 24.7. The molecule has 0 heterocycles. The maximum atomic E-state index is 12.0. The molecule has 0 bridgehead atoms. The maximum Gasteiger partial charge on any atom is 0.306 e. The van der Waals surface area contributed by atoms with Crippen LogP contribution in [0.3, 0.4) is 0 Å². The van der Waals surface area contributed by atoms with Crippen LogP contribution in [0, 0.1) is 17.8 Å². The lowest BCUT2D eigenvalue weighted by molar-refractivity contribution is -0.144. The predicted octanol–water partition coefficient (Wildman–Crippen LogP) is 10.8. The summed E-state index contributed by atoms with van der Waals surface area (Å²) in [6, 6.07) is 0. The van der Waals surface area contributed by atoms with Gasteiger partial charge in [-0.2, -0.15) is 0 Å². The third-order valence-electron chi connectivity index (χ3n) is 8.16. The van der Waals surface area contributed by atoms with Crippen molar-refractivity contribution in [1.82, 2.24) is 0 Å². The van der Waals surface area contributed by atoms with Gasteiger partial charge in [-0.05, 0) is 43.9 Å². The van der Waals surface area contributed by atoms with Crippen molar-refractivity contribution < 1.29 is 9.53 Å². The molecule has 0 aromatic heterocycles. The molecule has 0 amide bonds. The van der Waals surface area contributed by atoms with Gasteiger partial charge in [0.25, 0.3) is 0 Å². The summed E-state index contributed by atoms with van der Waals surface area (Å²) in [7, 11) is 0. The number of hydrogen-bond donors (Lipinski definition) is 0. The van der Waals surface area contributed by atoms with Gasteiger partial charge >= 0.3 is 5.97 Å². The fourth-order valence-electron chi connectivity index (χ4n) is 5.77. The van der Waals surface area contributed by atoms with Gasteiger partial charge in [0.1, 0.15) is 0 Å². The largest absolute Gasteiger partial charge is 0.466 e. The first-order valence-electron chi connectivity index (χ1n) is 15.9. The first-order valence-corrected chi connectivity index (χ1v) is 15.9. The third kappa shape index (κ3) is 18.8. The van der Waals surface area contributed by atoms with Crippen molar-refractivity contribution in [3.8, 4) is 0 Å². The van der Waals surface area contributed by atoms with E-state index >= 15 is 0 Å². The van der Waals surface area contributed by atoms with Crippen molar-refractivity contribution in [1.29, 1.82) is 0 Å². The molecule has 34 heavy (non-hydrogen) atoms. The van der Waals surface area contributed by atoms with Gasteiger partial charge in [-0.1, -0.05) is 142 Å². The first kappa shape index (κ1) is 31.5. The predicted molar refractivity (Wildman–Crippen MR) is 149 cm³/mol. The van der Waals surface area contributed by atoms with Crippen LogP contribution < -0.4 is 0 Å². The molecule has 3 unspecified atom stereocenters. The lowest BCUT2D eigenvalue weighted by Crippen LogP contribution is -2.12. The summed E-state index contributed by atoms with van der Waals surface area (Å²) in [5.41, 5.74) is 0. The van der Waals surface area contributed by atoms with E-state index in [1.807, 2.05) is 6.92 Å². The Labute approximate surface area is 214 Å². The average Bonchev–Trinajstić information content (AvgIpc) is 3.58. The van der Waals surface area contributed by atoms with Crippen molar-refractivity contribution in [2.75, 3.05) is 6.61 Å². The standard InChI is InChI=1S/C32H62O2/c1-4-7-9-11-13-15-19-23-29(27-32(33)34-6-3)24-20-16-14-18-22-26-31-28-30(31)25-21-17-12-10-8-5-2/h29-31H,4-28H2,1-3H3. The molecule has 3 atom stereocenters. The quantitative estimate of drug-likeness (QED) is 0.0912. The topological polar surface area (TPSA) is 26.3 Å². The second-order valence-electron chi connectivity index (χ2n) is 11.4. The van der Waals surface area contributed by atoms with E-state index in [9.17, 15) is 4.79 Å². The molecular weight excluding hydrogens is 416 g/mol. The molecule has 0 radical (unpaired) electrons. The number of esters is 1. The van der Waals surface area contributed by atoms with E-state index in [4.69, 9.17) is 4.74 Å². The van der Waals surface area contributed by atoms with Crippen molar-refractivity contribution in [3.63, 3.8) is 0 Å². The summed E-state index contributed by atoms with van der Waals surface area (Å²) in [5, 5.41) is 0. The number of carbonyl (C=O) groups is 1. The van der Waals surface area contributed by atoms with Gasteiger partial charge in [0.05, 0.1) is 6.61 Å². The molecule has 2 heteroatoms. The molecule has 0 aromatic carbocycles. The lowest BCUT2D eigenvalue weighted by Gasteiger charge is -2.16. The van der Waals surface area contributed by atoms with Crippen LogP contribution >= 0.6 is 0 Å². The summed E-state index contributed by atoms with van der Waals surface area (Å²) < 4.78 is 5.25. The number of hydrogen-bond acceptors (Lipinski definition) is 2. The Hall–Kier alpha value is -0.530. The summed E-state index contributed by atoms with van der Waals surface area (Å²) in [6.07, 6.45) is 32.6. The van der Waals surface area contributed by atoms with Gasteiger partial charge < -0.3 is 4.74 Å². The number of carbonyl (C=O) groups excluding carboxylic acids is 1. The highest BCUT2D eigenvalue weighted by atomic mass is 16.5. The lowest BCUT2D eigenvalue weighted by atomic mass is 9.91. The number of ether oxygens (including phenoxy) is 1. The highest BCUT2D eigenvalue weighted by Crippen LogP contribution is 2.45. The van der Waals surface area contributed by atoms with Crippen LogP contribution in [0.2, 0.25) is 0 Å². The Kier molecular flexibility index (Phi) is 21.2. The molecule has 0 spiro atoms. The summed E-state index contributed by atoms with van der Waals surface area (Å²) in [4.78, 5) is 12.0. The molecule has 0 aromatic rings. The Morgan fingerprint density at radius 2 is 1.03 bits per heavy atom. The van der Waals surface area contributed by atoms with E-state index in [2.05, 4.69) is 13.8 Å². The SMILES string of the molecule is CCCCCCCCCC(CCCCCCCC1CC1CCCCCCCC)CC(=O)OCC. The van der Waals surface area contributed by atoms with E-state index in [0.717, 1.165) is 11.8 Å². The molecule has 0 aliphatic heterocycles. The van der Waals surface area contributed by atoms with Gasteiger partial charge in [-0.15, -0.1) is 0 Å². The molecule has 1 aliphatic carbocycles. The molecule has 1 rings (SSSR count). The van der Waals surface area contributed by atoms with Crippen LogP contribution in [0.25, 0.3) is 0 Å². The Morgan fingerprint density at radius 1 is 0.618 bits per heavy atom. The smallest absolute Gasteiger partial charge is 0.306 e. The zero-order valence-corrected chi connectivity index (χ0v) is 23.7. The number of unbranched alkanes of at least 4 members (excludes halogenated alkanes) is 15. The van der Waals surface area contributed by atoms with E-state index in [-0.39, 0.29) is 5.97 Å². The van der Waals surface area contributed by atoms with Crippen molar-refractivity contribution >= 4 is 5.97 Å². The van der Waals surface area contributed by atoms with Gasteiger partial charge in [-0.3, -0.25) is 4.79 Å². The van der Waals surface area contributed by atoms with E-state index in [1.165, 1.54) is 148 Å². The van der Waals surface area contributed by atoms with E-state index in [1.54, 1.807) is 0 Å². The van der Waals surface area contributed by atoms with Crippen molar-refractivity contribution in [2.45, 2.75) is 175 Å². The minimum absolute atomic E-state index is 0.0235. The molecule has 2 nitrogen and oxygen atoms in total. The van der Waals surface area contributed by atoms with Crippen LogP contribution in [-0.4, -0.2) is 12.6 Å². The second-order valence-corrected chi connectivity index (χ2v) is 11.4. The van der Waals surface area contributed by atoms with Gasteiger partial charge in [0.2, 0.25) is 0 Å². The van der Waals surface area contributed by atoms with Gasteiger partial charge in [0.15, 0.2) is 0 Å². The first-order chi connectivity index (χ1) is 16.7. The Bertz CT molecular complexity index is 446. The normalized spacial score (nSPS) is 18.2. The molecule has 1 aliphatic rings. The molecule has 0 saturated heterocycles. The highest BCUT2D eigenvalue weighted by molar-refractivity contribution is 5.69. The van der Waals surface area contributed by atoms with E-state index < -0.39 is 0 Å². The summed E-state index contributed by atoms with van der Waals surface area (Å²) in [5.74, 6) is 2.73. The fraction of sp³-hybridized carbons (Fsp3) is 0.969. The molecule has 202 valence electrons. The second kappa shape index (κ2) is 22.9. The monoisotopic (exact) mass is 478 g/mol. The summed E-state index contributed by atoms with van der Waals surface area (Å²) in [6.45, 7) is 7.02. The molecule has 1 fully saturated rings. The minimum atomic E-state index is 0.0235. The zero-order valence-electron chi connectivity index (χ0n) is 23.7. The van der Waals surface area contributed by atoms with Gasteiger partial charge in [0, 0.05) is 6.42 Å². The number of rotatable bonds is 26. The van der Waals surface area contributed by atoms with E-state index in [0.29, 0.717) is 18.9 Å². The van der Waals surface area contributed by atoms with Crippen LogP contribution in [0.5, 0.6) is 0 Å². The molecule has 0 N–H and O–H groups in total. The molecule has 1 saturated carbocycles. The minimum Gasteiger partial charge on any atom is -0.466 e. The van der Waals surface area contributed by atoms with Crippen LogP contribution in [0.1, 0.15) is 175 Å². The fourth-order valence-corrected chi connectivity index (χ4v) is 5.77.